The zero-order chi connectivity index (χ0) is 23.2. The molecule has 10 heteroatoms. The first-order valence-electron chi connectivity index (χ1n) is 10.1. The van der Waals surface area contributed by atoms with Crippen molar-refractivity contribution in [3.63, 3.8) is 0 Å². The predicted molar refractivity (Wildman–Crippen MR) is 120 cm³/mol. The number of rotatable bonds is 8. The van der Waals surface area contributed by atoms with Crippen LogP contribution in [0.5, 0.6) is 5.75 Å². The highest BCUT2D eigenvalue weighted by atomic mass is 19.1. The molecule has 1 aromatic heterocycles. The molecule has 1 atom stereocenters. The van der Waals surface area contributed by atoms with Crippen molar-refractivity contribution in [1.82, 2.24) is 9.97 Å². The largest absolute Gasteiger partial charge is 0.485 e. The number of nitrogens with one attached hydrogen (secondary N) is 3. The molecule has 3 aromatic rings. The molecule has 3 N–H and O–H groups in total. The Morgan fingerprint density at radius 3 is 2.70 bits per heavy atom. The molecule has 0 aliphatic carbocycles. The van der Waals surface area contributed by atoms with Crippen LogP contribution in [0.1, 0.15) is 6.42 Å². The lowest BCUT2D eigenvalue weighted by Gasteiger charge is -2.14. The Labute approximate surface area is 188 Å². The summed E-state index contributed by atoms with van der Waals surface area (Å²) < 4.78 is 39.6. The van der Waals surface area contributed by atoms with Crippen molar-refractivity contribution in [2.75, 3.05) is 29.2 Å². The molecule has 0 bridgehead atoms. The van der Waals surface area contributed by atoms with Crippen molar-refractivity contribution in [3.05, 3.63) is 73.0 Å². The molecule has 1 saturated heterocycles. The number of hydrogen-bond donors (Lipinski definition) is 3. The van der Waals surface area contributed by atoms with E-state index in [0.29, 0.717) is 36.7 Å². The molecule has 1 aliphatic rings. The molecule has 0 unspecified atom stereocenters. The summed E-state index contributed by atoms with van der Waals surface area (Å²) in [5, 5.41) is 8.31. The second kappa shape index (κ2) is 10.0. The maximum Gasteiger partial charge on any atom is 0.247 e. The van der Waals surface area contributed by atoms with Gasteiger partial charge in [-0.3, -0.25) is 4.79 Å². The Hall–Kier alpha value is -4.05. The summed E-state index contributed by atoms with van der Waals surface area (Å²) >= 11 is 0. The molecule has 1 aliphatic heterocycles. The van der Waals surface area contributed by atoms with Crippen molar-refractivity contribution in [3.8, 4) is 5.75 Å². The summed E-state index contributed by atoms with van der Waals surface area (Å²) in [5.41, 5.74) is 1.36. The normalized spacial score (nSPS) is 15.0. The quantitative estimate of drug-likeness (QED) is 0.431. The highest BCUT2D eigenvalue weighted by Crippen LogP contribution is 2.26. The van der Waals surface area contributed by atoms with E-state index in [1.54, 1.807) is 30.3 Å². The second-order valence-electron chi connectivity index (χ2n) is 7.16. The Kier molecular flexibility index (Phi) is 6.75. The van der Waals surface area contributed by atoms with Gasteiger partial charge in [-0.25, -0.2) is 13.8 Å². The fourth-order valence-electron chi connectivity index (χ4n) is 3.11. The van der Waals surface area contributed by atoms with Gasteiger partial charge in [-0.15, -0.1) is 0 Å². The van der Waals surface area contributed by atoms with E-state index < -0.39 is 11.6 Å². The summed E-state index contributed by atoms with van der Waals surface area (Å²) in [4.78, 5) is 19.5. The van der Waals surface area contributed by atoms with Gasteiger partial charge in [0.15, 0.2) is 23.2 Å². The van der Waals surface area contributed by atoms with Crippen LogP contribution in [0.2, 0.25) is 0 Å². The van der Waals surface area contributed by atoms with Crippen molar-refractivity contribution in [2.45, 2.75) is 12.5 Å². The Morgan fingerprint density at radius 1 is 1.12 bits per heavy atom. The number of hydrogen-bond acceptors (Lipinski definition) is 7. The van der Waals surface area contributed by atoms with E-state index in [4.69, 9.17) is 9.47 Å². The van der Waals surface area contributed by atoms with Crippen molar-refractivity contribution in [2.24, 2.45) is 0 Å². The van der Waals surface area contributed by atoms with E-state index in [0.717, 1.165) is 12.3 Å². The van der Waals surface area contributed by atoms with Crippen LogP contribution in [0.4, 0.5) is 37.6 Å². The third kappa shape index (κ3) is 5.80. The van der Waals surface area contributed by atoms with Crippen molar-refractivity contribution in [1.29, 1.82) is 0 Å². The third-order valence-corrected chi connectivity index (χ3v) is 4.69. The molecule has 1 fully saturated rings. The van der Waals surface area contributed by atoms with Crippen molar-refractivity contribution < 1.29 is 23.0 Å². The van der Waals surface area contributed by atoms with E-state index in [9.17, 15) is 13.6 Å². The standard InChI is InChI=1S/C23H21F2N5O3/c1-2-21(31)27-14-4-3-5-15(10-14)28-22-19(25)12-26-23(30-22)29-16-6-7-20(18(24)11-16)33-17-8-9-32-13-17/h2-7,10-12,17H,1,8-9,13H2,(H,27,31)(H2,26,28,29,30)/t17-/m0/s1. The number of carbonyl (C=O) groups excluding carboxylic acids is 1. The molecule has 4 rings (SSSR count). The van der Waals surface area contributed by atoms with Crippen LogP contribution in [0.3, 0.4) is 0 Å². The summed E-state index contributed by atoms with van der Waals surface area (Å²) in [6, 6.07) is 11.0. The lowest BCUT2D eigenvalue weighted by Crippen LogP contribution is -2.16. The second-order valence-corrected chi connectivity index (χ2v) is 7.16. The molecule has 0 saturated carbocycles. The van der Waals surface area contributed by atoms with Crippen LogP contribution in [0.25, 0.3) is 0 Å². The van der Waals surface area contributed by atoms with Gasteiger partial charge in [0, 0.05) is 29.5 Å². The zero-order valence-electron chi connectivity index (χ0n) is 17.5. The van der Waals surface area contributed by atoms with E-state index in [2.05, 4.69) is 32.5 Å². The van der Waals surface area contributed by atoms with Gasteiger partial charge in [0.25, 0.3) is 0 Å². The Bertz CT molecular complexity index is 1170. The number of halogens is 2. The van der Waals surface area contributed by atoms with Gasteiger partial charge in [0.2, 0.25) is 11.9 Å². The Balaban J connectivity index is 1.46. The first-order chi connectivity index (χ1) is 16.0. The van der Waals surface area contributed by atoms with E-state index in [1.807, 2.05) is 0 Å². The van der Waals surface area contributed by atoms with E-state index >= 15 is 0 Å². The van der Waals surface area contributed by atoms with Gasteiger partial charge in [0.05, 0.1) is 19.4 Å². The number of benzene rings is 2. The maximum atomic E-state index is 14.4. The van der Waals surface area contributed by atoms with Crippen LogP contribution >= 0.6 is 0 Å². The molecule has 8 nitrogen and oxygen atoms in total. The van der Waals surface area contributed by atoms with Crippen LogP contribution in [-0.2, 0) is 9.53 Å². The van der Waals surface area contributed by atoms with Gasteiger partial charge in [-0.2, -0.15) is 4.98 Å². The number of amides is 1. The minimum atomic E-state index is -0.685. The predicted octanol–water partition coefficient (Wildman–Crippen LogP) is 4.53. The van der Waals surface area contributed by atoms with Gasteiger partial charge in [0.1, 0.15) is 6.10 Å². The topological polar surface area (TPSA) is 97.4 Å². The van der Waals surface area contributed by atoms with Gasteiger partial charge in [-0.1, -0.05) is 12.6 Å². The lowest BCUT2D eigenvalue weighted by molar-refractivity contribution is -0.111. The first kappa shape index (κ1) is 22.2. The molecular formula is C23H21F2N5O3. The smallest absolute Gasteiger partial charge is 0.247 e. The highest BCUT2D eigenvalue weighted by Gasteiger charge is 2.19. The average Bonchev–Trinajstić information content (AvgIpc) is 3.31. The molecule has 170 valence electrons. The summed E-state index contributed by atoms with van der Waals surface area (Å²) in [6.07, 6.45) is 2.68. The maximum absolute atomic E-state index is 14.4. The first-order valence-corrected chi connectivity index (χ1v) is 10.1. The van der Waals surface area contributed by atoms with Gasteiger partial charge >= 0.3 is 0 Å². The highest BCUT2D eigenvalue weighted by molar-refractivity contribution is 5.99. The van der Waals surface area contributed by atoms with Crippen LogP contribution in [0.15, 0.2) is 61.3 Å². The minimum Gasteiger partial charge on any atom is -0.485 e. The summed E-state index contributed by atoms with van der Waals surface area (Å²) in [7, 11) is 0. The van der Waals surface area contributed by atoms with Crippen LogP contribution in [0, 0.1) is 11.6 Å². The summed E-state index contributed by atoms with van der Waals surface area (Å²) in [5.74, 6) is -1.51. The zero-order valence-corrected chi connectivity index (χ0v) is 17.5. The molecule has 1 amide bonds. The average molecular weight is 453 g/mol. The van der Waals surface area contributed by atoms with Crippen LogP contribution < -0.4 is 20.7 Å². The monoisotopic (exact) mass is 453 g/mol. The summed E-state index contributed by atoms with van der Waals surface area (Å²) in [6.45, 7) is 4.43. The Morgan fingerprint density at radius 2 is 1.94 bits per heavy atom. The fourth-order valence-corrected chi connectivity index (χ4v) is 3.11. The minimum absolute atomic E-state index is 0.0623. The number of ether oxygens (including phenoxy) is 2. The molecular weight excluding hydrogens is 432 g/mol. The van der Waals surface area contributed by atoms with Crippen LogP contribution in [-0.4, -0.2) is 35.2 Å². The number of carbonyl (C=O) groups is 1. The fraction of sp³-hybridized carbons (Fsp3) is 0.174. The van der Waals surface area contributed by atoms with E-state index in [-0.39, 0.29) is 29.5 Å². The number of nitrogens with zero attached hydrogens (tertiary/aromatic N) is 2. The van der Waals surface area contributed by atoms with Gasteiger partial charge in [-0.05, 0) is 36.4 Å². The third-order valence-electron chi connectivity index (χ3n) is 4.69. The lowest BCUT2D eigenvalue weighted by atomic mass is 10.2. The van der Waals surface area contributed by atoms with Gasteiger partial charge < -0.3 is 25.4 Å². The van der Waals surface area contributed by atoms with Crippen molar-refractivity contribution >= 4 is 34.7 Å². The SMILES string of the molecule is C=CC(=O)Nc1cccc(Nc2nc(Nc3ccc(O[C@H]4CCOC4)c(F)c3)ncc2F)c1. The molecule has 33 heavy (non-hydrogen) atoms. The number of aromatic nitrogens is 2. The molecule has 2 aromatic carbocycles. The molecule has 2 heterocycles. The number of anilines is 5. The van der Waals surface area contributed by atoms with E-state index in [1.165, 1.54) is 12.1 Å². The molecule has 0 spiro atoms. The molecule has 0 radical (unpaired) electrons.